The summed E-state index contributed by atoms with van der Waals surface area (Å²) in [7, 11) is 0. The van der Waals surface area contributed by atoms with Gasteiger partial charge >= 0.3 is 5.97 Å². The van der Waals surface area contributed by atoms with Gasteiger partial charge in [0, 0.05) is 5.56 Å². The number of nitrogens with zero attached hydrogens (tertiary/aromatic N) is 1. The van der Waals surface area contributed by atoms with Crippen molar-refractivity contribution in [3.63, 3.8) is 0 Å². The van der Waals surface area contributed by atoms with Crippen LogP contribution < -0.4 is 11.1 Å². The summed E-state index contributed by atoms with van der Waals surface area (Å²) in [5.74, 6) is -1.87. The summed E-state index contributed by atoms with van der Waals surface area (Å²) < 4.78 is 0.735. The number of carboxylic acid groups (broad SMARTS) is 1. The van der Waals surface area contributed by atoms with Crippen LogP contribution in [0.1, 0.15) is 17.3 Å². The topological polar surface area (TPSA) is 126 Å². The predicted molar refractivity (Wildman–Crippen MR) is 74.6 cm³/mol. The summed E-state index contributed by atoms with van der Waals surface area (Å²) in [5, 5.41) is 20.9. The molecule has 1 heterocycles. The van der Waals surface area contributed by atoms with Crippen LogP contribution in [0.3, 0.4) is 0 Å². The number of thiazole rings is 1. The lowest BCUT2D eigenvalue weighted by Crippen LogP contribution is -2.47. The van der Waals surface area contributed by atoms with Gasteiger partial charge in [-0.05, 0) is 25.1 Å². The number of amides is 1. The lowest BCUT2D eigenvalue weighted by atomic mass is 10.1. The molecule has 0 aliphatic rings. The van der Waals surface area contributed by atoms with E-state index in [0.29, 0.717) is 10.6 Å². The molecule has 8 heteroatoms. The van der Waals surface area contributed by atoms with E-state index in [-0.39, 0.29) is 5.56 Å². The first kappa shape index (κ1) is 14.2. The van der Waals surface area contributed by atoms with E-state index in [1.54, 1.807) is 12.1 Å². The van der Waals surface area contributed by atoms with Gasteiger partial charge in [-0.2, -0.15) is 0 Å². The van der Waals surface area contributed by atoms with Crippen molar-refractivity contribution in [1.82, 2.24) is 10.3 Å². The van der Waals surface area contributed by atoms with Crippen LogP contribution in [-0.4, -0.2) is 39.2 Å². The number of fused-ring (bicyclic) bond motifs is 1. The predicted octanol–water partition coefficient (Wildman–Crippen LogP) is 0.442. The number of aliphatic carboxylic acids is 1. The van der Waals surface area contributed by atoms with Gasteiger partial charge in [-0.25, -0.2) is 9.78 Å². The summed E-state index contributed by atoms with van der Waals surface area (Å²) in [4.78, 5) is 27.0. The lowest BCUT2D eigenvalue weighted by Gasteiger charge is -2.16. The largest absolute Gasteiger partial charge is 0.480 e. The van der Waals surface area contributed by atoms with Gasteiger partial charge in [-0.3, -0.25) is 4.79 Å². The molecule has 0 aliphatic carbocycles. The third-order valence-corrected chi connectivity index (χ3v) is 3.55. The van der Waals surface area contributed by atoms with E-state index < -0.39 is 24.0 Å². The minimum atomic E-state index is -1.36. The summed E-state index contributed by atoms with van der Waals surface area (Å²) >= 11 is 1.24. The highest BCUT2D eigenvalue weighted by atomic mass is 32.1. The molecule has 2 aromatic rings. The Hall–Kier alpha value is -2.19. The highest BCUT2D eigenvalue weighted by Crippen LogP contribution is 2.24. The molecule has 20 heavy (non-hydrogen) atoms. The molecule has 1 aromatic carbocycles. The number of aliphatic hydroxyl groups excluding tert-OH is 1. The molecule has 0 bridgehead atoms. The molecule has 1 amide bonds. The summed E-state index contributed by atoms with van der Waals surface area (Å²) in [6, 6.07) is 3.39. The third kappa shape index (κ3) is 2.86. The molecule has 2 atom stereocenters. The van der Waals surface area contributed by atoms with Crippen LogP contribution in [0.4, 0.5) is 5.13 Å². The molecule has 7 nitrogen and oxygen atoms in total. The number of benzene rings is 1. The average Bonchev–Trinajstić information content (AvgIpc) is 2.73. The molecule has 1 aromatic heterocycles. The maximum absolute atomic E-state index is 12.0. The van der Waals surface area contributed by atoms with Gasteiger partial charge in [-0.1, -0.05) is 11.3 Å². The number of anilines is 1. The zero-order valence-electron chi connectivity index (χ0n) is 10.5. The number of carboxylic acids is 1. The molecule has 0 spiro atoms. The zero-order chi connectivity index (χ0) is 14.9. The van der Waals surface area contributed by atoms with Crippen molar-refractivity contribution in [2.24, 2.45) is 0 Å². The Bertz CT molecular complexity index is 668. The summed E-state index contributed by atoms with van der Waals surface area (Å²) in [6.07, 6.45) is -1.20. The first-order chi connectivity index (χ1) is 9.38. The lowest BCUT2D eigenvalue weighted by molar-refractivity contribution is -0.141. The fourth-order valence-electron chi connectivity index (χ4n) is 1.70. The fourth-order valence-corrected chi connectivity index (χ4v) is 2.47. The van der Waals surface area contributed by atoms with Gasteiger partial charge in [-0.15, -0.1) is 0 Å². The molecule has 0 saturated heterocycles. The minimum absolute atomic E-state index is 0.285. The molecule has 0 radical (unpaired) electrons. The standard InChI is InChI=1S/C12H13N3O4S/c1-5(16)9(11(18)19)15-10(17)6-2-3-7-8(4-6)20-12(13)14-7/h2-5,9,16H,1H3,(H2,13,14)(H,15,17)(H,18,19)/t5-,9+/m1/s1. The number of carbonyl (C=O) groups is 2. The molecule has 0 aliphatic heterocycles. The van der Waals surface area contributed by atoms with E-state index in [0.717, 1.165) is 4.70 Å². The Morgan fingerprint density at radius 3 is 2.75 bits per heavy atom. The van der Waals surface area contributed by atoms with E-state index in [9.17, 15) is 14.7 Å². The number of hydrogen-bond donors (Lipinski definition) is 4. The Balaban J connectivity index is 2.24. The quantitative estimate of drug-likeness (QED) is 0.648. The first-order valence-corrected chi connectivity index (χ1v) is 6.58. The number of aromatic nitrogens is 1. The molecular weight excluding hydrogens is 282 g/mol. The number of hydrogen-bond acceptors (Lipinski definition) is 6. The smallest absolute Gasteiger partial charge is 0.328 e. The fraction of sp³-hybridized carbons (Fsp3) is 0.250. The Morgan fingerprint density at radius 1 is 1.45 bits per heavy atom. The van der Waals surface area contributed by atoms with Gasteiger partial charge in [0.25, 0.3) is 5.91 Å². The molecule has 106 valence electrons. The third-order valence-electron chi connectivity index (χ3n) is 2.70. The monoisotopic (exact) mass is 295 g/mol. The van der Waals surface area contributed by atoms with Gasteiger partial charge in [0.05, 0.1) is 16.3 Å². The van der Waals surface area contributed by atoms with Crippen LogP contribution >= 0.6 is 11.3 Å². The number of aliphatic hydroxyl groups is 1. The van der Waals surface area contributed by atoms with Gasteiger partial charge < -0.3 is 21.3 Å². The maximum Gasteiger partial charge on any atom is 0.328 e. The van der Waals surface area contributed by atoms with Crippen molar-refractivity contribution >= 4 is 38.6 Å². The van der Waals surface area contributed by atoms with Crippen LogP contribution in [0.25, 0.3) is 10.2 Å². The van der Waals surface area contributed by atoms with Crippen molar-refractivity contribution in [3.8, 4) is 0 Å². The Morgan fingerprint density at radius 2 is 2.15 bits per heavy atom. The first-order valence-electron chi connectivity index (χ1n) is 5.76. The average molecular weight is 295 g/mol. The van der Waals surface area contributed by atoms with Crippen LogP contribution in [0.5, 0.6) is 0 Å². The minimum Gasteiger partial charge on any atom is -0.480 e. The van der Waals surface area contributed by atoms with Gasteiger partial charge in [0.15, 0.2) is 11.2 Å². The van der Waals surface area contributed by atoms with Crippen molar-refractivity contribution in [3.05, 3.63) is 23.8 Å². The molecule has 2 rings (SSSR count). The molecule has 0 unspecified atom stereocenters. The van der Waals surface area contributed by atoms with Crippen LogP contribution in [0.2, 0.25) is 0 Å². The Labute approximate surface area is 118 Å². The van der Waals surface area contributed by atoms with E-state index >= 15 is 0 Å². The summed E-state index contributed by atoms with van der Waals surface area (Å²) in [6.45, 7) is 1.30. The second-order valence-electron chi connectivity index (χ2n) is 4.26. The van der Waals surface area contributed by atoms with E-state index in [1.165, 1.54) is 24.3 Å². The van der Waals surface area contributed by atoms with E-state index in [2.05, 4.69) is 10.3 Å². The van der Waals surface area contributed by atoms with Gasteiger partial charge in [0.2, 0.25) is 0 Å². The second-order valence-corrected chi connectivity index (χ2v) is 5.33. The van der Waals surface area contributed by atoms with Crippen molar-refractivity contribution in [2.75, 3.05) is 5.73 Å². The van der Waals surface area contributed by atoms with Crippen LogP contribution in [0.15, 0.2) is 18.2 Å². The van der Waals surface area contributed by atoms with Crippen LogP contribution in [-0.2, 0) is 4.79 Å². The van der Waals surface area contributed by atoms with Crippen molar-refractivity contribution in [1.29, 1.82) is 0 Å². The van der Waals surface area contributed by atoms with Crippen molar-refractivity contribution < 1.29 is 19.8 Å². The molecular formula is C12H13N3O4S. The maximum atomic E-state index is 12.0. The van der Waals surface area contributed by atoms with Gasteiger partial charge in [0.1, 0.15) is 0 Å². The van der Waals surface area contributed by atoms with Crippen molar-refractivity contribution in [2.45, 2.75) is 19.1 Å². The summed E-state index contributed by atoms with van der Waals surface area (Å²) in [5.41, 5.74) is 6.53. The number of nitrogens with two attached hydrogens (primary N) is 1. The zero-order valence-corrected chi connectivity index (χ0v) is 11.3. The normalized spacial score (nSPS) is 13.9. The highest BCUT2D eigenvalue weighted by molar-refractivity contribution is 7.22. The number of nitrogens with one attached hydrogen (secondary N) is 1. The number of carbonyl (C=O) groups excluding carboxylic acids is 1. The molecule has 5 N–H and O–H groups in total. The second kappa shape index (κ2) is 5.43. The van der Waals surface area contributed by atoms with E-state index in [4.69, 9.17) is 10.8 Å². The Kier molecular flexibility index (Phi) is 3.86. The molecule has 0 saturated carbocycles. The highest BCUT2D eigenvalue weighted by Gasteiger charge is 2.25. The number of nitrogen functional groups attached to an aromatic ring is 1. The van der Waals surface area contributed by atoms with E-state index in [1.807, 2.05) is 0 Å². The number of rotatable bonds is 4. The molecule has 0 fully saturated rings. The van der Waals surface area contributed by atoms with Crippen LogP contribution in [0, 0.1) is 0 Å². The SMILES string of the molecule is C[C@@H](O)[C@H](NC(=O)c1ccc2nc(N)sc2c1)C(=O)O.